The van der Waals surface area contributed by atoms with Crippen molar-refractivity contribution in [1.29, 1.82) is 0 Å². The van der Waals surface area contributed by atoms with Crippen molar-refractivity contribution in [3.8, 4) is 17.1 Å². The van der Waals surface area contributed by atoms with Crippen molar-refractivity contribution in [1.82, 2.24) is 10.2 Å². The van der Waals surface area contributed by atoms with E-state index in [1.54, 1.807) is 54.6 Å². The summed E-state index contributed by atoms with van der Waals surface area (Å²) in [5, 5.41) is 8.11. The number of anilines is 1. The average molecular weight is 481 g/mol. The molecule has 26 heavy (non-hydrogen) atoms. The highest BCUT2D eigenvalue weighted by Crippen LogP contribution is 2.23. The maximum atomic E-state index is 12.5. The molecule has 0 unspecified atom stereocenters. The van der Waals surface area contributed by atoms with Gasteiger partial charge in [-0.1, -0.05) is 12.1 Å². The van der Waals surface area contributed by atoms with Crippen molar-refractivity contribution < 1.29 is 13.2 Å². The van der Waals surface area contributed by atoms with E-state index in [-0.39, 0.29) is 4.90 Å². The molecule has 0 saturated carbocycles. The maximum absolute atomic E-state index is 12.5. The first kappa shape index (κ1) is 18.6. The van der Waals surface area contributed by atoms with Gasteiger partial charge in [0.1, 0.15) is 0 Å². The fourth-order valence-electron chi connectivity index (χ4n) is 2.27. The molecular weight excluding hydrogens is 465 g/mol. The van der Waals surface area contributed by atoms with E-state index in [2.05, 4.69) is 37.5 Å². The smallest absolute Gasteiger partial charge is 0.261 e. The van der Waals surface area contributed by atoms with Crippen molar-refractivity contribution in [2.24, 2.45) is 0 Å². The van der Waals surface area contributed by atoms with E-state index < -0.39 is 10.0 Å². The predicted octanol–water partition coefficient (Wildman–Crippen LogP) is 3.95. The Kier molecular flexibility index (Phi) is 5.72. The SMILES string of the molecule is CCOc1ccc(-c2cccc(NS(=O)(=O)c3ccc(I)cc3)c2)nn1. The summed E-state index contributed by atoms with van der Waals surface area (Å²) in [5.74, 6) is 0.451. The van der Waals surface area contributed by atoms with E-state index in [0.717, 1.165) is 9.13 Å². The highest BCUT2D eigenvalue weighted by atomic mass is 127. The van der Waals surface area contributed by atoms with Gasteiger partial charge in [-0.25, -0.2) is 8.42 Å². The molecule has 1 aromatic heterocycles. The van der Waals surface area contributed by atoms with Crippen molar-refractivity contribution in [2.75, 3.05) is 11.3 Å². The second-order valence-electron chi connectivity index (χ2n) is 5.33. The van der Waals surface area contributed by atoms with Gasteiger partial charge in [-0.3, -0.25) is 4.72 Å². The molecule has 0 fully saturated rings. The topological polar surface area (TPSA) is 81.2 Å². The van der Waals surface area contributed by atoms with Crippen LogP contribution >= 0.6 is 22.6 Å². The van der Waals surface area contributed by atoms with Crippen LogP contribution in [0.4, 0.5) is 5.69 Å². The molecule has 1 heterocycles. The molecule has 0 aliphatic rings. The number of aromatic nitrogens is 2. The minimum absolute atomic E-state index is 0.212. The van der Waals surface area contributed by atoms with Crippen LogP contribution in [0, 0.1) is 3.57 Å². The Balaban J connectivity index is 1.84. The highest BCUT2D eigenvalue weighted by Gasteiger charge is 2.14. The quantitative estimate of drug-likeness (QED) is 0.540. The first-order chi connectivity index (χ1) is 12.5. The monoisotopic (exact) mass is 481 g/mol. The van der Waals surface area contributed by atoms with E-state index in [1.807, 2.05) is 13.0 Å². The number of nitrogens with one attached hydrogen (secondary N) is 1. The standard InChI is InChI=1S/C18H16IN3O3S/c1-2-25-18-11-10-17(20-21-18)13-4-3-5-15(12-13)22-26(23,24)16-8-6-14(19)7-9-16/h3-12,22H,2H2,1H3. The highest BCUT2D eigenvalue weighted by molar-refractivity contribution is 14.1. The Bertz CT molecular complexity index is 991. The van der Waals surface area contributed by atoms with Gasteiger partial charge in [-0.15, -0.1) is 10.2 Å². The molecule has 1 N–H and O–H groups in total. The van der Waals surface area contributed by atoms with E-state index in [0.29, 0.717) is 23.9 Å². The molecule has 6 nitrogen and oxygen atoms in total. The molecular formula is C18H16IN3O3S. The van der Waals surface area contributed by atoms with Gasteiger partial charge in [0.2, 0.25) is 5.88 Å². The van der Waals surface area contributed by atoms with Crippen LogP contribution in [0.2, 0.25) is 0 Å². The maximum Gasteiger partial charge on any atom is 0.261 e. The number of rotatable bonds is 6. The van der Waals surface area contributed by atoms with E-state index >= 15 is 0 Å². The van der Waals surface area contributed by atoms with Crippen LogP contribution in [0.1, 0.15) is 6.92 Å². The number of sulfonamides is 1. The Morgan fingerprint density at radius 1 is 1.04 bits per heavy atom. The van der Waals surface area contributed by atoms with Gasteiger partial charge in [0.05, 0.1) is 17.2 Å². The number of ether oxygens (including phenoxy) is 1. The molecule has 3 aromatic rings. The second-order valence-corrected chi connectivity index (χ2v) is 8.26. The third kappa shape index (κ3) is 4.50. The van der Waals surface area contributed by atoms with Crippen molar-refractivity contribution >= 4 is 38.3 Å². The Morgan fingerprint density at radius 3 is 2.46 bits per heavy atom. The first-order valence-electron chi connectivity index (χ1n) is 7.83. The van der Waals surface area contributed by atoms with Crippen molar-refractivity contribution in [3.63, 3.8) is 0 Å². The molecule has 8 heteroatoms. The third-order valence-corrected chi connectivity index (χ3v) is 5.58. The van der Waals surface area contributed by atoms with Crippen LogP contribution in [-0.2, 0) is 10.0 Å². The minimum Gasteiger partial charge on any atom is -0.477 e. The van der Waals surface area contributed by atoms with Crippen LogP contribution in [-0.4, -0.2) is 25.2 Å². The molecule has 0 atom stereocenters. The number of nitrogens with zero attached hydrogens (tertiary/aromatic N) is 2. The molecule has 0 aliphatic heterocycles. The molecule has 0 aliphatic carbocycles. The summed E-state index contributed by atoms with van der Waals surface area (Å²) in [4.78, 5) is 0.212. The third-order valence-electron chi connectivity index (χ3n) is 3.47. The molecule has 0 bridgehead atoms. The van der Waals surface area contributed by atoms with Gasteiger partial charge < -0.3 is 4.74 Å². The van der Waals surface area contributed by atoms with E-state index in [1.165, 1.54) is 0 Å². The molecule has 0 radical (unpaired) electrons. The Morgan fingerprint density at radius 2 is 1.81 bits per heavy atom. The van der Waals surface area contributed by atoms with E-state index in [9.17, 15) is 8.42 Å². The molecule has 3 rings (SSSR count). The number of hydrogen-bond donors (Lipinski definition) is 1. The van der Waals surface area contributed by atoms with Crippen LogP contribution in [0.3, 0.4) is 0 Å². The van der Waals surface area contributed by atoms with Crippen molar-refractivity contribution in [3.05, 3.63) is 64.2 Å². The molecule has 0 spiro atoms. The van der Waals surface area contributed by atoms with Gasteiger partial charge in [0, 0.05) is 20.9 Å². The van der Waals surface area contributed by atoms with E-state index in [4.69, 9.17) is 4.74 Å². The van der Waals surface area contributed by atoms with Crippen molar-refractivity contribution in [2.45, 2.75) is 11.8 Å². The number of benzene rings is 2. The second kappa shape index (κ2) is 8.00. The summed E-state index contributed by atoms with van der Waals surface area (Å²) in [7, 11) is -3.65. The Hall–Kier alpha value is -2.20. The van der Waals surface area contributed by atoms with Crippen LogP contribution in [0.5, 0.6) is 5.88 Å². The molecule has 2 aromatic carbocycles. The summed E-state index contributed by atoms with van der Waals surface area (Å²) in [6.45, 7) is 2.39. The van der Waals surface area contributed by atoms with Crippen LogP contribution in [0.15, 0.2) is 65.6 Å². The van der Waals surface area contributed by atoms with Gasteiger partial charge in [0.15, 0.2) is 0 Å². The molecule has 0 saturated heterocycles. The van der Waals surface area contributed by atoms with Crippen LogP contribution in [0.25, 0.3) is 11.3 Å². The lowest BCUT2D eigenvalue weighted by molar-refractivity contribution is 0.323. The summed E-state index contributed by atoms with van der Waals surface area (Å²) >= 11 is 2.13. The Labute approximate surface area is 165 Å². The zero-order valence-corrected chi connectivity index (χ0v) is 16.9. The fourth-order valence-corrected chi connectivity index (χ4v) is 3.68. The normalized spacial score (nSPS) is 11.2. The zero-order chi connectivity index (χ0) is 18.6. The summed E-state index contributed by atoms with van der Waals surface area (Å²) in [6, 6.07) is 17.2. The van der Waals surface area contributed by atoms with Gasteiger partial charge in [0.25, 0.3) is 10.0 Å². The summed E-state index contributed by atoms with van der Waals surface area (Å²) < 4.78 is 33.9. The van der Waals surface area contributed by atoms with Gasteiger partial charge >= 0.3 is 0 Å². The predicted molar refractivity (Wildman–Crippen MR) is 109 cm³/mol. The molecule has 134 valence electrons. The zero-order valence-electron chi connectivity index (χ0n) is 13.9. The molecule has 0 amide bonds. The fraction of sp³-hybridized carbons (Fsp3) is 0.111. The summed E-state index contributed by atoms with van der Waals surface area (Å²) in [6.07, 6.45) is 0. The average Bonchev–Trinajstić information content (AvgIpc) is 2.63. The minimum atomic E-state index is -3.65. The lowest BCUT2D eigenvalue weighted by atomic mass is 10.1. The largest absolute Gasteiger partial charge is 0.477 e. The summed E-state index contributed by atoms with van der Waals surface area (Å²) in [5.41, 5.74) is 1.84. The lowest BCUT2D eigenvalue weighted by Gasteiger charge is -2.10. The van der Waals surface area contributed by atoms with Gasteiger partial charge in [-0.05, 0) is 72.0 Å². The lowest BCUT2D eigenvalue weighted by Crippen LogP contribution is -2.12. The number of halogens is 1. The first-order valence-corrected chi connectivity index (χ1v) is 10.4. The van der Waals surface area contributed by atoms with Crippen LogP contribution < -0.4 is 9.46 Å². The number of hydrogen-bond acceptors (Lipinski definition) is 5. The van der Waals surface area contributed by atoms with Gasteiger partial charge in [-0.2, -0.15) is 0 Å².